The summed E-state index contributed by atoms with van der Waals surface area (Å²) in [4.78, 5) is 16.6. The van der Waals surface area contributed by atoms with Crippen LogP contribution in [0, 0.1) is 3.57 Å². The third-order valence-corrected chi connectivity index (χ3v) is 4.05. The van der Waals surface area contributed by atoms with E-state index in [1.807, 2.05) is 42.5 Å². The van der Waals surface area contributed by atoms with E-state index in [2.05, 4.69) is 27.6 Å². The molecule has 0 aliphatic heterocycles. The van der Waals surface area contributed by atoms with Gasteiger partial charge in [-0.1, -0.05) is 24.3 Å². The molecule has 0 saturated carbocycles. The largest absolute Gasteiger partial charge is 0.491 e. The van der Waals surface area contributed by atoms with Crippen LogP contribution in [-0.4, -0.2) is 16.2 Å². The summed E-state index contributed by atoms with van der Waals surface area (Å²) in [5.41, 5.74) is 0.684. The van der Waals surface area contributed by atoms with Crippen molar-refractivity contribution in [3.63, 3.8) is 0 Å². The summed E-state index contributed by atoms with van der Waals surface area (Å²) < 4.78 is 8.35. The SMILES string of the molecule is O=c1c2ccccc2ncn1CCOc1ccccc1I. The monoisotopic (exact) mass is 392 g/mol. The van der Waals surface area contributed by atoms with Crippen LogP contribution in [0.15, 0.2) is 59.7 Å². The predicted octanol–water partition coefficient (Wildman–Crippen LogP) is 3.08. The van der Waals surface area contributed by atoms with Crippen LogP contribution < -0.4 is 10.3 Å². The molecule has 0 bridgehead atoms. The van der Waals surface area contributed by atoms with Crippen molar-refractivity contribution in [1.82, 2.24) is 9.55 Å². The van der Waals surface area contributed by atoms with Crippen LogP contribution in [0.1, 0.15) is 0 Å². The van der Waals surface area contributed by atoms with Gasteiger partial charge in [-0.25, -0.2) is 4.98 Å². The Balaban J connectivity index is 1.76. The van der Waals surface area contributed by atoms with Gasteiger partial charge in [0.15, 0.2) is 0 Å². The second-order valence-corrected chi connectivity index (χ2v) is 5.70. The number of para-hydroxylation sites is 2. The highest BCUT2D eigenvalue weighted by Crippen LogP contribution is 2.19. The summed E-state index contributed by atoms with van der Waals surface area (Å²) in [6.07, 6.45) is 1.57. The van der Waals surface area contributed by atoms with E-state index in [0.29, 0.717) is 18.5 Å². The highest BCUT2D eigenvalue weighted by atomic mass is 127. The first kappa shape index (κ1) is 14.1. The lowest BCUT2D eigenvalue weighted by Gasteiger charge is -2.09. The van der Waals surface area contributed by atoms with E-state index < -0.39 is 0 Å². The molecule has 0 spiro atoms. The first-order valence-corrected chi connectivity index (χ1v) is 7.65. The Labute approximate surface area is 135 Å². The number of halogens is 1. The van der Waals surface area contributed by atoms with E-state index in [-0.39, 0.29) is 5.56 Å². The minimum absolute atomic E-state index is 0.0352. The van der Waals surface area contributed by atoms with E-state index in [0.717, 1.165) is 14.8 Å². The number of benzene rings is 2. The maximum Gasteiger partial charge on any atom is 0.261 e. The second kappa shape index (κ2) is 6.26. The standard InChI is InChI=1S/C16H13IN2O2/c17-13-6-2-4-8-15(13)21-10-9-19-11-18-14-7-3-1-5-12(14)16(19)20/h1-8,11H,9-10H2. The van der Waals surface area contributed by atoms with Crippen molar-refractivity contribution < 1.29 is 4.74 Å². The van der Waals surface area contributed by atoms with Crippen molar-refractivity contribution in [2.45, 2.75) is 6.54 Å². The van der Waals surface area contributed by atoms with E-state index in [1.165, 1.54) is 0 Å². The maximum absolute atomic E-state index is 12.3. The summed E-state index contributed by atoms with van der Waals surface area (Å²) in [5.74, 6) is 0.833. The Kier molecular flexibility index (Phi) is 4.19. The zero-order chi connectivity index (χ0) is 14.7. The molecule has 5 heteroatoms. The number of fused-ring (bicyclic) bond motifs is 1. The van der Waals surface area contributed by atoms with Crippen molar-refractivity contribution in [2.75, 3.05) is 6.61 Å². The zero-order valence-corrected chi connectivity index (χ0v) is 13.4. The van der Waals surface area contributed by atoms with Crippen LogP contribution in [0.5, 0.6) is 5.75 Å². The molecular weight excluding hydrogens is 379 g/mol. The summed E-state index contributed by atoms with van der Waals surface area (Å²) in [7, 11) is 0. The fourth-order valence-corrected chi connectivity index (χ4v) is 2.62. The minimum atomic E-state index is -0.0352. The number of rotatable bonds is 4. The molecule has 4 nitrogen and oxygen atoms in total. The van der Waals surface area contributed by atoms with Gasteiger partial charge < -0.3 is 4.74 Å². The number of hydrogen-bond acceptors (Lipinski definition) is 3. The summed E-state index contributed by atoms with van der Waals surface area (Å²) in [6, 6.07) is 15.2. The van der Waals surface area contributed by atoms with Crippen LogP contribution in [-0.2, 0) is 6.54 Å². The summed E-state index contributed by atoms with van der Waals surface area (Å²) in [6.45, 7) is 0.904. The fraction of sp³-hybridized carbons (Fsp3) is 0.125. The van der Waals surface area contributed by atoms with E-state index in [1.54, 1.807) is 17.0 Å². The number of aromatic nitrogens is 2. The van der Waals surface area contributed by atoms with Crippen LogP contribution in [0.2, 0.25) is 0 Å². The van der Waals surface area contributed by atoms with Crippen molar-refractivity contribution >= 4 is 33.5 Å². The van der Waals surface area contributed by atoms with E-state index in [4.69, 9.17) is 4.74 Å². The lowest BCUT2D eigenvalue weighted by atomic mass is 10.2. The van der Waals surface area contributed by atoms with Crippen molar-refractivity contribution in [1.29, 1.82) is 0 Å². The summed E-state index contributed by atoms with van der Waals surface area (Å²) >= 11 is 2.23. The molecule has 0 atom stereocenters. The quantitative estimate of drug-likeness (QED) is 0.642. The fourth-order valence-electron chi connectivity index (χ4n) is 2.08. The Morgan fingerprint density at radius 3 is 2.71 bits per heavy atom. The van der Waals surface area contributed by atoms with Gasteiger partial charge in [0.2, 0.25) is 0 Å². The molecule has 0 aliphatic rings. The molecule has 0 fully saturated rings. The molecule has 106 valence electrons. The van der Waals surface area contributed by atoms with Crippen LogP contribution in [0.3, 0.4) is 0 Å². The number of ether oxygens (including phenoxy) is 1. The molecule has 3 rings (SSSR count). The lowest BCUT2D eigenvalue weighted by Crippen LogP contribution is -2.23. The molecule has 0 N–H and O–H groups in total. The minimum Gasteiger partial charge on any atom is -0.491 e. The van der Waals surface area contributed by atoms with E-state index >= 15 is 0 Å². The first-order valence-electron chi connectivity index (χ1n) is 6.57. The highest BCUT2D eigenvalue weighted by Gasteiger charge is 2.04. The molecule has 0 saturated heterocycles. The van der Waals surface area contributed by atoms with Gasteiger partial charge in [-0.2, -0.15) is 0 Å². The Morgan fingerprint density at radius 2 is 1.86 bits per heavy atom. The first-order chi connectivity index (χ1) is 10.3. The zero-order valence-electron chi connectivity index (χ0n) is 11.2. The molecular formula is C16H13IN2O2. The van der Waals surface area contributed by atoms with Gasteiger partial charge in [0, 0.05) is 0 Å². The second-order valence-electron chi connectivity index (χ2n) is 4.54. The van der Waals surface area contributed by atoms with Gasteiger partial charge >= 0.3 is 0 Å². The third kappa shape index (κ3) is 3.07. The normalized spacial score (nSPS) is 10.7. The molecule has 0 unspecified atom stereocenters. The molecule has 1 heterocycles. The summed E-state index contributed by atoms with van der Waals surface area (Å²) in [5, 5.41) is 0.634. The van der Waals surface area contributed by atoms with Crippen LogP contribution in [0.25, 0.3) is 10.9 Å². The Bertz CT molecular complexity index is 830. The smallest absolute Gasteiger partial charge is 0.261 e. The van der Waals surface area contributed by atoms with Gasteiger partial charge in [-0.3, -0.25) is 9.36 Å². The predicted molar refractivity (Wildman–Crippen MR) is 90.7 cm³/mol. The molecule has 21 heavy (non-hydrogen) atoms. The van der Waals surface area contributed by atoms with Crippen molar-refractivity contribution in [3.8, 4) is 5.75 Å². The third-order valence-electron chi connectivity index (χ3n) is 3.16. The number of nitrogens with zero attached hydrogens (tertiary/aromatic N) is 2. The lowest BCUT2D eigenvalue weighted by molar-refractivity contribution is 0.294. The molecule has 0 aliphatic carbocycles. The maximum atomic E-state index is 12.3. The molecule has 0 radical (unpaired) electrons. The topological polar surface area (TPSA) is 44.1 Å². The van der Waals surface area contributed by atoms with Crippen LogP contribution >= 0.6 is 22.6 Å². The Hall–Kier alpha value is -1.89. The van der Waals surface area contributed by atoms with Crippen molar-refractivity contribution in [3.05, 3.63) is 68.8 Å². The van der Waals surface area contributed by atoms with Gasteiger partial charge in [0.25, 0.3) is 5.56 Å². The Morgan fingerprint density at radius 1 is 1.10 bits per heavy atom. The van der Waals surface area contributed by atoms with Crippen molar-refractivity contribution in [2.24, 2.45) is 0 Å². The van der Waals surface area contributed by atoms with Gasteiger partial charge in [-0.15, -0.1) is 0 Å². The van der Waals surface area contributed by atoms with Crippen LogP contribution in [0.4, 0.5) is 0 Å². The number of hydrogen-bond donors (Lipinski definition) is 0. The van der Waals surface area contributed by atoms with E-state index in [9.17, 15) is 4.79 Å². The highest BCUT2D eigenvalue weighted by molar-refractivity contribution is 14.1. The molecule has 1 aromatic heterocycles. The van der Waals surface area contributed by atoms with Gasteiger partial charge in [0.05, 0.1) is 27.3 Å². The van der Waals surface area contributed by atoms with Gasteiger partial charge in [0.1, 0.15) is 12.4 Å². The molecule has 0 amide bonds. The average Bonchev–Trinajstić information content (AvgIpc) is 2.52. The molecule has 2 aromatic carbocycles. The molecule has 3 aromatic rings. The van der Waals surface area contributed by atoms with Gasteiger partial charge in [-0.05, 0) is 46.9 Å². The average molecular weight is 392 g/mol.